The van der Waals surface area contributed by atoms with Gasteiger partial charge in [-0.05, 0) is 31.2 Å². The van der Waals surface area contributed by atoms with Gasteiger partial charge in [-0.15, -0.1) is 24.8 Å². The summed E-state index contributed by atoms with van der Waals surface area (Å²) in [4.78, 5) is 19.5. The van der Waals surface area contributed by atoms with Gasteiger partial charge in [0.1, 0.15) is 0 Å². The highest BCUT2D eigenvalue weighted by Crippen LogP contribution is 2.19. The van der Waals surface area contributed by atoms with Gasteiger partial charge in [0.25, 0.3) is 0 Å². The van der Waals surface area contributed by atoms with E-state index < -0.39 is 0 Å². The first kappa shape index (κ1) is 24.2. The summed E-state index contributed by atoms with van der Waals surface area (Å²) in [6.07, 6.45) is 2.24. The number of amides is 1. The first-order valence-electron chi connectivity index (χ1n) is 9.64. The second-order valence-corrected chi connectivity index (χ2v) is 7.64. The van der Waals surface area contributed by atoms with E-state index in [0.717, 1.165) is 58.7 Å². The second kappa shape index (κ2) is 11.9. The zero-order valence-electron chi connectivity index (χ0n) is 16.3. The van der Waals surface area contributed by atoms with Gasteiger partial charge in [0.05, 0.1) is 6.54 Å². The normalized spacial score (nSPS) is 22.4. The van der Waals surface area contributed by atoms with Gasteiger partial charge in [-0.1, -0.05) is 30.3 Å². The van der Waals surface area contributed by atoms with Crippen LogP contribution < -0.4 is 5.73 Å². The van der Waals surface area contributed by atoms with Crippen LogP contribution in [0.15, 0.2) is 30.3 Å². The standard InChI is InChI=1S/C20H32N4O.2ClH/c1-17(21)19-8-5-9-24(15-19)20(25)16-23-12-10-22(11-13-23)14-18-6-3-2-4-7-18;;/h2-4,6-7,17,19H,5,8-16,21H2,1H3;2*1H. The number of hydrogen-bond acceptors (Lipinski definition) is 4. The van der Waals surface area contributed by atoms with E-state index in [9.17, 15) is 4.79 Å². The van der Waals surface area contributed by atoms with E-state index >= 15 is 0 Å². The fraction of sp³-hybridized carbons (Fsp3) is 0.650. The minimum absolute atomic E-state index is 0. The zero-order valence-corrected chi connectivity index (χ0v) is 17.9. The molecule has 2 atom stereocenters. The Balaban J connectivity index is 0.00000182. The Labute approximate surface area is 176 Å². The maximum atomic E-state index is 12.6. The molecule has 2 aliphatic rings. The van der Waals surface area contributed by atoms with Crippen molar-refractivity contribution in [3.63, 3.8) is 0 Å². The smallest absolute Gasteiger partial charge is 0.236 e. The van der Waals surface area contributed by atoms with E-state index in [2.05, 4.69) is 47.1 Å². The van der Waals surface area contributed by atoms with E-state index in [1.165, 1.54) is 5.56 Å². The van der Waals surface area contributed by atoms with Crippen molar-refractivity contribution in [3.8, 4) is 0 Å². The molecule has 1 amide bonds. The van der Waals surface area contributed by atoms with Crippen LogP contribution in [0, 0.1) is 5.92 Å². The Morgan fingerprint density at radius 1 is 1.07 bits per heavy atom. The average molecular weight is 417 g/mol. The third-order valence-corrected chi connectivity index (χ3v) is 5.63. The number of carbonyl (C=O) groups is 1. The lowest BCUT2D eigenvalue weighted by Crippen LogP contribution is -2.52. The molecule has 154 valence electrons. The Morgan fingerprint density at radius 2 is 1.70 bits per heavy atom. The maximum Gasteiger partial charge on any atom is 0.236 e. The number of likely N-dealkylation sites (tertiary alicyclic amines) is 1. The molecule has 0 saturated carbocycles. The molecular weight excluding hydrogens is 383 g/mol. The van der Waals surface area contributed by atoms with Crippen LogP contribution in [0.2, 0.25) is 0 Å². The minimum atomic E-state index is 0. The highest BCUT2D eigenvalue weighted by atomic mass is 35.5. The quantitative estimate of drug-likeness (QED) is 0.799. The zero-order chi connectivity index (χ0) is 17.6. The van der Waals surface area contributed by atoms with Gasteiger partial charge in [-0.3, -0.25) is 14.6 Å². The van der Waals surface area contributed by atoms with Crippen molar-refractivity contribution in [1.82, 2.24) is 14.7 Å². The Hall–Kier alpha value is -0.850. The third kappa shape index (κ3) is 7.24. The van der Waals surface area contributed by atoms with Crippen LogP contribution in [0.4, 0.5) is 0 Å². The fourth-order valence-corrected chi connectivity index (χ4v) is 3.90. The summed E-state index contributed by atoms with van der Waals surface area (Å²) in [6, 6.07) is 10.8. The molecule has 0 bridgehead atoms. The van der Waals surface area contributed by atoms with Gasteiger partial charge in [0.2, 0.25) is 5.91 Å². The minimum Gasteiger partial charge on any atom is -0.341 e. The number of nitrogens with two attached hydrogens (primary N) is 1. The summed E-state index contributed by atoms with van der Waals surface area (Å²) in [5, 5.41) is 0. The first-order valence-corrected chi connectivity index (χ1v) is 9.64. The van der Waals surface area contributed by atoms with Crippen LogP contribution in [-0.2, 0) is 11.3 Å². The Kier molecular flexibility index (Phi) is 10.6. The molecule has 2 N–H and O–H groups in total. The van der Waals surface area contributed by atoms with Crippen LogP contribution in [0.1, 0.15) is 25.3 Å². The predicted molar refractivity (Wildman–Crippen MR) is 116 cm³/mol. The van der Waals surface area contributed by atoms with Gasteiger partial charge in [-0.2, -0.15) is 0 Å². The number of benzene rings is 1. The summed E-state index contributed by atoms with van der Waals surface area (Å²) >= 11 is 0. The van der Waals surface area contributed by atoms with Gasteiger partial charge in [0, 0.05) is 51.9 Å². The summed E-state index contributed by atoms with van der Waals surface area (Å²) in [5.41, 5.74) is 7.40. The Bertz CT molecular complexity index is 550. The van der Waals surface area contributed by atoms with Crippen molar-refractivity contribution in [3.05, 3.63) is 35.9 Å². The first-order chi connectivity index (χ1) is 12.1. The van der Waals surface area contributed by atoms with Crippen LogP contribution in [0.3, 0.4) is 0 Å². The third-order valence-electron chi connectivity index (χ3n) is 5.63. The molecule has 0 aliphatic carbocycles. The lowest BCUT2D eigenvalue weighted by Gasteiger charge is -2.38. The van der Waals surface area contributed by atoms with Gasteiger partial charge < -0.3 is 10.6 Å². The molecular formula is C20H34Cl2N4O. The molecule has 1 aromatic carbocycles. The lowest BCUT2D eigenvalue weighted by atomic mass is 9.92. The number of rotatable bonds is 5. The number of nitrogens with zero attached hydrogens (tertiary/aromatic N) is 3. The monoisotopic (exact) mass is 416 g/mol. The molecule has 27 heavy (non-hydrogen) atoms. The summed E-state index contributed by atoms with van der Waals surface area (Å²) in [7, 11) is 0. The molecule has 2 saturated heterocycles. The van der Waals surface area contributed by atoms with E-state index in [4.69, 9.17) is 5.73 Å². The second-order valence-electron chi connectivity index (χ2n) is 7.64. The van der Waals surface area contributed by atoms with Gasteiger partial charge in [0.15, 0.2) is 0 Å². The van der Waals surface area contributed by atoms with Crippen molar-refractivity contribution in [2.24, 2.45) is 11.7 Å². The number of hydrogen-bond donors (Lipinski definition) is 1. The summed E-state index contributed by atoms with van der Waals surface area (Å²) < 4.78 is 0. The molecule has 7 heteroatoms. The number of piperidine rings is 1. The van der Waals surface area contributed by atoms with Crippen LogP contribution in [-0.4, -0.2) is 72.5 Å². The molecule has 2 unspecified atom stereocenters. The van der Waals surface area contributed by atoms with E-state index in [1.54, 1.807) is 0 Å². The number of halogens is 2. The molecule has 1 aromatic rings. The van der Waals surface area contributed by atoms with Crippen LogP contribution >= 0.6 is 24.8 Å². The Morgan fingerprint density at radius 3 is 2.33 bits per heavy atom. The number of piperazine rings is 1. The van der Waals surface area contributed by atoms with Crippen molar-refractivity contribution >= 4 is 30.7 Å². The lowest BCUT2D eigenvalue weighted by molar-refractivity contribution is -0.134. The predicted octanol–water partition coefficient (Wildman–Crippen LogP) is 2.23. The molecule has 2 aliphatic heterocycles. The summed E-state index contributed by atoms with van der Waals surface area (Å²) in [6.45, 7) is 9.38. The average Bonchev–Trinajstić information content (AvgIpc) is 2.64. The molecule has 2 fully saturated rings. The molecule has 0 aromatic heterocycles. The number of carbonyl (C=O) groups excluding carboxylic acids is 1. The molecule has 2 heterocycles. The highest BCUT2D eigenvalue weighted by Gasteiger charge is 2.27. The van der Waals surface area contributed by atoms with Crippen molar-refractivity contribution in [1.29, 1.82) is 0 Å². The molecule has 5 nitrogen and oxygen atoms in total. The molecule has 3 rings (SSSR count). The van der Waals surface area contributed by atoms with E-state index in [0.29, 0.717) is 12.5 Å². The van der Waals surface area contributed by atoms with Gasteiger partial charge in [-0.25, -0.2) is 0 Å². The molecule has 0 radical (unpaired) electrons. The maximum absolute atomic E-state index is 12.6. The van der Waals surface area contributed by atoms with Crippen molar-refractivity contribution in [2.45, 2.75) is 32.4 Å². The highest BCUT2D eigenvalue weighted by molar-refractivity contribution is 5.85. The van der Waals surface area contributed by atoms with Crippen molar-refractivity contribution < 1.29 is 4.79 Å². The van der Waals surface area contributed by atoms with Gasteiger partial charge >= 0.3 is 0 Å². The van der Waals surface area contributed by atoms with Crippen molar-refractivity contribution in [2.75, 3.05) is 45.8 Å². The SMILES string of the molecule is CC(N)C1CCCN(C(=O)CN2CCN(Cc3ccccc3)CC2)C1.Cl.Cl. The van der Waals surface area contributed by atoms with E-state index in [-0.39, 0.29) is 36.8 Å². The van der Waals surface area contributed by atoms with Crippen LogP contribution in [0.25, 0.3) is 0 Å². The van der Waals surface area contributed by atoms with Crippen LogP contribution in [0.5, 0.6) is 0 Å². The largest absolute Gasteiger partial charge is 0.341 e. The summed E-state index contributed by atoms with van der Waals surface area (Å²) in [5.74, 6) is 0.738. The topological polar surface area (TPSA) is 52.8 Å². The fourth-order valence-electron chi connectivity index (χ4n) is 3.90. The van der Waals surface area contributed by atoms with E-state index in [1.807, 2.05) is 4.90 Å². The molecule has 0 spiro atoms.